The Morgan fingerprint density at radius 1 is 0.818 bits per heavy atom. The van der Waals surface area contributed by atoms with Crippen LogP contribution in [0.25, 0.3) is 0 Å². The van der Waals surface area contributed by atoms with Gasteiger partial charge < -0.3 is 79.7 Å². The Kier molecular flexibility index (Phi) is 25.1. The third-order valence-corrected chi connectivity index (χ3v) is 13.1. The molecule has 0 spiro atoms. The number of carbonyl (C=O) groups is 5. The van der Waals surface area contributed by atoms with Crippen molar-refractivity contribution in [3.8, 4) is 0 Å². The number of benzene rings is 1. The Morgan fingerprint density at radius 2 is 1.48 bits per heavy atom. The first-order valence-electron chi connectivity index (χ1n) is 22.6. The van der Waals surface area contributed by atoms with Gasteiger partial charge in [-0.15, -0.1) is 0 Å². The molecule has 2 heterocycles. The van der Waals surface area contributed by atoms with Crippen LogP contribution >= 0.6 is 0 Å². The van der Waals surface area contributed by atoms with E-state index in [1.807, 2.05) is 19.1 Å². The fourth-order valence-corrected chi connectivity index (χ4v) is 9.42. The molecule has 7 N–H and O–H groups in total. The third-order valence-electron chi connectivity index (χ3n) is 13.1. The Morgan fingerprint density at radius 3 is 2.09 bits per heavy atom. The number of ketones is 1. The van der Waals surface area contributed by atoms with Crippen molar-refractivity contribution in [1.82, 2.24) is 10.6 Å². The number of hydrogen-bond acceptors (Lipinski definition) is 17. The number of aliphatic carboxylic acids is 2. The van der Waals surface area contributed by atoms with E-state index >= 15 is 0 Å². The standard InChI is InChI=1S/C45H68N2O17.2Na/c1-4-28-19-29(30(50)15-14-25-10-12-27(13-11-25)21-46-34(51)16-17-35(52)53)20-31(41(28)64-45-40(57)39(56)37(54)23(2)60-45)62-44-36(47-24(3)49)42(38(55)33(22-48)63-44)61-32(43(58)59)18-26-8-6-5-7-9-26;;/h10-13,23,26,28-29,31-33,36-42,44-45,48,54-57H,4-9,14-22H2,1-3H3,(H,46,51)(H,47,49)(H,52,53)(H,58,59);;/q;2*+1/p-2/t23?,28?,29?,31-,32+,33+,36?,37-,38+,39+,40?,41-,42?,44-,45+;;/m1../s1. The van der Waals surface area contributed by atoms with Crippen molar-refractivity contribution in [2.75, 3.05) is 6.61 Å². The minimum Gasteiger partial charge on any atom is -0.550 e. The van der Waals surface area contributed by atoms with Crippen molar-refractivity contribution in [2.45, 2.75) is 190 Å². The van der Waals surface area contributed by atoms with Crippen molar-refractivity contribution < 1.29 is 143 Å². The number of ether oxygens (including phenoxy) is 5. The Balaban J connectivity index is 0.00000578. The zero-order chi connectivity index (χ0) is 46.7. The SMILES string of the molecule is CCC1CC(C(=O)CCc2ccc(CNC(=O)CCC(=O)[O-])cc2)C[C@@H](O[C@@H]2O[C@@H](CO)[C@H](O)C(O[C@@H](CC3CCCCC3)C(=O)[O-])C2NC(C)=O)[C@@H]1O[C@@H]1OC(C)[C@@H](O)[C@H](O)C1O.[Na+].[Na+]. The van der Waals surface area contributed by atoms with Crippen LogP contribution in [0.4, 0.5) is 0 Å². The molecule has 0 radical (unpaired) electrons. The van der Waals surface area contributed by atoms with Crippen molar-refractivity contribution in [1.29, 1.82) is 0 Å². The van der Waals surface area contributed by atoms with Crippen LogP contribution in [0, 0.1) is 17.8 Å². The number of aryl methyl sites for hydroxylation is 1. The summed E-state index contributed by atoms with van der Waals surface area (Å²) in [5, 5.41) is 82.4. The minimum absolute atomic E-state index is 0. The molecule has 2 amide bonds. The van der Waals surface area contributed by atoms with Crippen LogP contribution in [0.15, 0.2) is 24.3 Å². The van der Waals surface area contributed by atoms with Crippen molar-refractivity contribution in [3.63, 3.8) is 0 Å². The van der Waals surface area contributed by atoms with E-state index in [2.05, 4.69) is 10.6 Å². The van der Waals surface area contributed by atoms with E-state index in [9.17, 15) is 59.7 Å². The molecule has 360 valence electrons. The number of nitrogens with one attached hydrogen (secondary N) is 2. The number of carboxylic acid groups (broad SMARTS) is 2. The maximum Gasteiger partial charge on any atom is 1.00 e. The summed E-state index contributed by atoms with van der Waals surface area (Å²) in [6.45, 7) is 4.05. The molecule has 2 saturated carbocycles. The molecule has 0 bridgehead atoms. The van der Waals surface area contributed by atoms with Crippen LogP contribution in [0.5, 0.6) is 0 Å². The second-order valence-electron chi connectivity index (χ2n) is 17.8. The van der Waals surface area contributed by atoms with Gasteiger partial charge in [-0.1, -0.05) is 69.7 Å². The normalized spacial score (nSPS) is 33.0. The number of rotatable bonds is 21. The fourth-order valence-electron chi connectivity index (χ4n) is 9.42. The summed E-state index contributed by atoms with van der Waals surface area (Å²) in [4.78, 5) is 62.0. The van der Waals surface area contributed by atoms with Gasteiger partial charge >= 0.3 is 59.1 Å². The van der Waals surface area contributed by atoms with Crippen LogP contribution in [0.2, 0.25) is 0 Å². The van der Waals surface area contributed by atoms with E-state index in [4.69, 9.17) is 23.7 Å². The maximum atomic E-state index is 14.1. The molecule has 4 aliphatic rings. The Bertz CT molecular complexity index is 1710. The Hall–Kier alpha value is -1.63. The summed E-state index contributed by atoms with van der Waals surface area (Å²) in [5.41, 5.74) is 1.62. The first kappa shape index (κ1) is 58.7. The number of amides is 2. The van der Waals surface area contributed by atoms with Crippen LogP contribution < -0.4 is 80.0 Å². The van der Waals surface area contributed by atoms with Gasteiger partial charge in [-0.2, -0.15) is 0 Å². The fraction of sp³-hybridized carbons (Fsp3) is 0.756. The molecule has 21 heteroatoms. The van der Waals surface area contributed by atoms with E-state index in [1.54, 1.807) is 12.1 Å². The quantitative estimate of drug-likeness (QED) is 0.0563. The van der Waals surface area contributed by atoms with Gasteiger partial charge in [0, 0.05) is 38.2 Å². The van der Waals surface area contributed by atoms with Gasteiger partial charge in [0.1, 0.15) is 48.4 Å². The first-order valence-corrected chi connectivity index (χ1v) is 22.6. The topological polar surface area (TPSA) is 303 Å². The number of aliphatic hydroxyl groups is 5. The average molecular weight is 953 g/mol. The first-order chi connectivity index (χ1) is 30.5. The van der Waals surface area contributed by atoms with Crippen LogP contribution in [-0.2, 0) is 60.6 Å². The second kappa shape index (κ2) is 28.3. The van der Waals surface area contributed by atoms with Crippen LogP contribution in [0.3, 0.4) is 0 Å². The van der Waals surface area contributed by atoms with Crippen molar-refractivity contribution in [2.24, 2.45) is 17.8 Å². The molecule has 19 nitrogen and oxygen atoms in total. The Labute approximate surface area is 430 Å². The van der Waals surface area contributed by atoms with Gasteiger partial charge in [0.05, 0.1) is 37.0 Å². The molecule has 15 atom stereocenters. The largest absolute Gasteiger partial charge is 1.00 e. The van der Waals surface area contributed by atoms with Gasteiger partial charge in [-0.25, -0.2) is 0 Å². The van der Waals surface area contributed by atoms with Gasteiger partial charge in [0.15, 0.2) is 12.6 Å². The number of carboxylic acids is 2. The van der Waals surface area contributed by atoms with Crippen LogP contribution in [-0.4, -0.2) is 141 Å². The molecule has 2 aliphatic heterocycles. The maximum absolute atomic E-state index is 14.1. The molecule has 5 rings (SSSR count). The number of Topliss-reactive ketones (excluding diaryl/α,β-unsaturated/α-hetero) is 1. The van der Waals surface area contributed by atoms with E-state index in [0.29, 0.717) is 19.3 Å². The predicted molar refractivity (Wildman–Crippen MR) is 219 cm³/mol. The molecule has 6 unspecified atom stereocenters. The third kappa shape index (κ3) is 16.5. The number of hydrogen-bond donors (Lipinski definition) is 7. The molecular weight excluding hydrogens is 886 g/mol. The average Bonchev–Trinajstić information content (AvgIpc) is 3.27. The minimum atomic E-state index is -1.67. The molecule has 0 aromatic heterocycles. The number of carbonyl (C=O) groups excluding carboxylic acids is 5. The molecular formula is C45H66N2Na2O17. The van der Waals surface area contributed by atoms with Crippen molar-refractivity contribution >= 4 is 29.5 Å². The summed E-state index contributed by atoms with van der Waals surface area (Å²) in [7, 11) is 0. The van der Waals surface area contributed by atoms with E-state index < -0.39 is 122 Å². The molecule has 1 aromatic carbocycles. The summed E-state index contributed by atoms with van der Waals surface area (Å²) in [6, 6.07) is 5.91. The monoisotopic (exact) mass is 952 g/mol. The molecule has 2 saturated heterocycles. The summed E-state index contributed by atoms with van der Waals surface area (Å²) in [5.74, 6) is -4.91. The van der Waals surface area contributed by atoms with Gasteiger partial charge in [-0.05, 0) is 62.0 Å². The van der Waals surface area contributed by atoms with Crippen LogP contribution in [0.1, 0.15) is 109 Å². The van der Waals surface area contributed by atoms with E-state index in [0.717, 1.165) is 43.2 Å². The number of aliphatic hydroxyl groups excluding tert-OH is 5. The van der Waals surface area contributed by atoms with Gasteiger partial charge in [0.25, 0.3) is 0 Å². The predicted octanol–water partition coefficient (Wildman–Crippen LogP) is -7.57. The molecule has 66 heavy (non-hydrogen) atoms. The zero-order valence-corrected chi connectivity index (χ0v) is 42.8. The van der Waals surface area contributed by atoms with E-state index in [1.165, 1.54) is 13.8 Å². The summed E-state index contributed by atoms with van der Waals surface area (Å²) < 4.78 is 31.1. The smallest absolute Gasteiger partial charge is 0.550 e. The second-order valence-corrected chi connectivity index (χ2v) is 17.8. The molecule has 2 aliphatic carbocycles. The van der Waals surface area contributed by atoms with E-state index in [-0.39, 0.29) is 109 Å². The molecule has 1 aromatic rings. The van der Waals surface area contributed by atoms with Gasteiger partial charge in [0.2, 0.25) is 11.8 Å². The van der Waals surface area contributed by atoms with Gasteiger partial charge in [-0.3, -0.25) is 14.4 Å². The molecule has 4 fully saturated rings. The summed E-state index contributed by atoms with van der Waals surface area (Å²) in [6.07, 6.45) is -11.1. The van der Waals surface area contributed by atoms with Crippen molar-refractivity contribution in [3.05, 3.63) is 35.4 Å². The zero-order valence-electron chi connectivity index (χ0n) is 38.8. The summed E-state index contributed by atoms with van der Waals surface area (Å²) >= 11 is 0.